The highest BCUT2D eigenvalue weighted by molar-refractivity contribution is 7.80. The average Bonchev–Trinajstić information content (AvgIpc) is 2.41. The Morgan fingerprint density at radius 2 is 1.90 bits per heavy atom. The van der Waals surface area contributed by atoms with Crippen molar-refractivity contribution in [2.75, 3.05) is 0 Å². The van der Waals surface area contributed by atoms with E-state index in [9.17, 15) is 4.79 Å². The van der Waals surface area contributed by atoms with Gasteiger partial charge in [0.1, 0.15) is 0 Å². The summed E-state index contributed by atoms with van der Waals surface area (Å²) in [5, 5.41) is 3.26. The Morgan fingerprint density at radius 1 is 1.25 bits per heavy atom. The summed E-state index contributed by atoms with van der Waals surface area (Å²) in [7, 11) is 0. The lowest BCUT2D eigenvalue weighted by atomic mass is 9.78. The number of carbonyl (C=O) groups excluding carboxylic acids is 1. The van der Waals surface area contributed by atoms with Gasteiger partial charge in [-0.2, -0.15) is 0 Å². The molecule has 0 spiro atoms. The predicted molar refractivity (Wildman–Crippen MR) is 86.1 cm³/mol. The molecule has 2 rings (SSSR count). The van der Waals surface area contributed by atoms with Crippen LogP contribution in [0.5, 0.6) is 0 Å². The Bertz CT molecular complexity index is 441. The lowest BCUT2D eigenvalue weighted by Gasteiger charge is -2.35. The van der Waals surface area contributed by atoms with Crippen molar-refractivity contribution in [1.82, 2.24) is 5.32 Å². The number of nitrogens with one attached hydrogen (secondary N) is 1. The maximum Gasteiger partial charge on any atom is 0.224 e. The van der Waals surface area contributed by atoms with Crippen molar-refractivity contribution in [3.05, 3.63) is 29.8 Å². The summed E-state index contributed by atoms with van der Waals surface area (Å²) >= 11 is 4.26. The van der Waals surface area contributed by atoms with Crippen LogP contribution in [0.3, 0.4) is 0 Å². The van der Waals surface area contributed by atoms with Crippen LogP contribution >= 0.6 is 12.6 Å². The summed E-state index contributed by atoms with van der Waals surface area (Å²) in [6.45, 7) is 4.53. The van der Waals surface area contributed by atoms with E-state index in [2.05, 4.69) is 31.8 Å². The Balaban J connectivity index is 1.91. The minimum Gasteiger partial charge on any atom is -0.353 e. The van der Waals surface area contributed by atoms with Gasteiger partial charge in [-0.1, -0.05) is 38.8 Å². The molecule has 110 valence electrons. The SMILES string of the molecule is CC(C)C1CCCCC1NC(=O)Cc1ccc(S)cc1. The Morgan fingerprint density at radius 3 is 2.55 bits per heavy atom. The molecule has 1 aliphatic carbocycles. The molecule has 0 heterocycles. The molecule has 1 amide bonds. The monoisotopic (exact) mass is 291 g/mol. The number of thiol groups is 1. The number of rotatable bonds is 4. The highest BCUT2D eigenvalue weighted by Crippen LogP contribution is 2.30. The first-order valence-electron chi connectivity index (χ1n) is 7.63. The minimum absolute atomic E-state index is 0.148. The zero-order valence-corrected chi connectivity index (χ0v) is 13.3. The van der Waals surface area contributed by atoms with Gasteiger partial charge < -0.3 is 5.32 Å². The van der Waals surface area contributed by atoms with Crippen molar-refractivity contribution in [2.24, 2.45) is 11.8 Å². The minimum atomic E-state index is 0.148. The molecule has 1 fully saturated rings. The Hall–Kier alpha value is -0.960. The van der Waals surface area contributed by atoms with Crippen molar-refractivity contribution < 1.29 is 4.79 Å². The summed E-state index contributed by atoms with van der Waals surface area (Å²) in [5.74, 6) is 1.42. The molecule has 2 nitrogen and oxygen atoms in total. The Labute approximate surface area is 127 Å². The smallest absolute Gasteiger partial charge is 0.224 e. The molecule has 0 aliphatic heterocycles. The first-order valence-corrected chi connectivity index (χ1v) is 8.08. The van der Waals surface area contributed by atoms with Crippen molar-refractivity contribution in [1.29, 1.82) is 0 Å². The topological polar surface area (TPSA) is 29.1 Å². The van der Waals surface area contributed by atoms with E-state index in [-0.39, 0.29) is 5.91 Å². The Kier molecular flexibility index (Phi) is 5.53. The second-order valence-electron chi connectivity index (χ2n) is 6.21. The van der Waals surface area contributed by atoms with E-state index in [0.717, 1.165) is 16.9 Å². The molecular weight excluding hydrogens is 266 g/mol. The van der Waals surface area contributed by atoms with Crippen LogP contribution in [-0.4, -0.2) is 11.9 Å². The van der Waals surface area contributed by atoms with Gasteiger partial charge in [0.05, 0.1) is 6.42 Å². The molecule has 0 aromatic heterocycles. The molecule has 1 N–H and O–H groups in total. The van der Waals surface area contributed by atoms with Gasteiger partial charge in [-0.25, -0.2) is 0 Å². The molecule has 2 unspecified atom stereocenters. The molecule has 3 heteroatoms. The van der Waals surface area contributed by atoms with Gasteiger partial charge in [-0.05, 0) is 42.4 Å². The lowest BCUT2D eigenvalue weighted by molar-refractivity contribution is -0.121. The van der Waals surface area contributed by atoms with Crippen molar-refractivity contribution >= 4 is 18.5 Å². The van der Waals surface area contributed by atoms with Gasteiger partial charge in [0, 0.05) is 10.9 Å². The van der Waals surface area contributed by atoms with E-state index in [4.69, 9.17) is 0 Å². The van der Waals surface area contributed by atoms with E-state index in [0.29, 0.717) is 24.3 Å². The van der Waals surface area contributed by atoms with Crippen LogP contribution in [0.2, 0.25) is 0 Å². The fraction of sp³-hybridized carbons (Fsp3) is 0.588. The van der Waals surface area contributed by atoms with E-state index >= 15 is 0 Å². The average molecular weight is 291 g/mol. The molecule has 0 bridgehead atoms. The van der Waals surface area contributed by atoms with Crippen LogP contribution in [-0.2, 0) is 11.2 Å². The number of hydrogen-bond donors (Lipinski definition) is 2. The summed E-state index contributed by atoms with van der Waals surface area (Å²) in [6.07, 6.45) is 5.39. The first-order chi connectivity index (χ1) is 9.56. The molecule has 2 atom stereocenters. The van der Waals surface area contributed by atoms with Crippen molar-refractivity contribution in [3.8, 4) is 0 Å². The van der Waals surface area contributed by atoms with Crippen molar-refractivity contribution in [2.45, 2.75) is 56.9 Å². The third-order valence-electron chi connectivity index (χ3n) is 4.32. The molecule has 1 saturated carbocycles. The van der Waals surface area contributed by atoms with E-state index < -0.39 is 0 Å². The summed E-state index contributed by atoms with van der Waals surface area (Å²) in [4.78, 5) is 13.1. The quantitative estimate of drug-likeness (QED) is 0.811. The predicted octanol–water partition coefficient (Wildman–Crippen LogP) is 3.85. The van der Waals surface area contributed by atoms with Gasteiger partial charge in [0.15, 0.2) is 0 Å². The highest BCUT2D eigenvalue weighted by atomic mass is 32.1. The maximum absolute atomic E-state index is 12.2. The fourth-order valence-corrected chi connectivity index (χ4v) is 3.34. The van der Waals surface area contributed by atoms with Crippen molar-refractivity contribution in [3.63, 3.8) is 0 Å². The number of carbonyl (C=O) groups is 1. The van der Waals surface area contributed by atoms with Crippen LogP contribution in [0.1, 0.15) is 45.1 Å². The standard InChI is InChI=1S/C17H25NOS/c1-12(2)15-5-3-4-6-16(15)18-17(19)11-13-7-9-14(20)10-8-13/h7-10,12,15-16,20H,3-6,11H2,1-2H3,(H,18,19). The van der Waals surface area contributed by atoms with Gasteiger partial charge in [-0.3, -0.25) is 4.79 Å². The normalized spacial score (nSPS) is 22.8. The zero-order chi connectivity index (χ0) is 14.5. The van der Waals surface area contributed by atoms with Gasteiger partial charge in [0.2, 0.25) is 5.91 Å². The first kappa shape index (κ1) is 15.4. The van der Waals surface area contributed by atoms with Gasteiger partial charge in [-0.15, -0.1) is 12.6 Å². The van der Waals surface area contributed by atoms with Crippen LogP contribution < -0.4 is 5.32 Å². The number of amides is 1. The van der Waals surface area contributed by atoms with Crippen LogP contribution in [0, 0.1) is 11.8 Å². The summed E-state index contributed by atoms with van der Waals surface area (Å²) in [6, 6.07) is 8.18. The van der Waals surface area contributed by atoms with E-state index in [1.54, 1.807) is 0 Å². The molecule has 0 saturated heterocycles. The van der Waals surface area contributed by atoms with E-state index in [1.807, 2.05) is 24.3 Å². The fourth-order valence-electron chi connectivity index (χ4n) is 3.19. The second kappa shape index (κ2) is 7.16. The zero-order valence-electron chi connectivity index (χ0n) is 12.4. The number of hydrogen-bond acceptors (Lipinski definition) is 2. The molecule has 1 aromatic rings. The van der Waals surface area contributed by atoms with Crippen LogP contribution in [0.4, 0.5) is 0 Å². The van der Waals surface area contributed by atoms with Gasteiger partial charge >= 0.3 is 0 Å². The van der Waals surface area contributed by atoms with Gasteiger partial charge in [0.25, 0.3) is 0 Å². The maximum atomic E-state index is 12.2. The summed E-state index contributed by atoms with van der Waals surface area (Å²) < 4.78 is 0. The largest absolute Gasteiger partial charge is 0.353 e. The summed E-state index contributed by atoms with van der Waals surface area (Å²) in [5.41, 5.74) is 1.05. The molecule has 0 radical (unpaired) electrons. The highest BCUT2D eigenvalue weighted by Gasteiger charge is 2.28. The molecule has 1 aliphatic rings. The third-order valence-corrected chi connectivity index (χ3v) is 4.62. The molecular formula is C17H25NOS. The number of benzene rings is 1. The third kappa shape index (κ3) is 4.27. The van der Waals surface area contributed by atoms with E-state index in [1.165, 1.54) is 19.3 Å². The van der Waals surface area contributed by atoms with Crippen LogP contribution in [0.15, 0.2) is 29.2 Å². The lowest BCUT2D eigenvalue weighted by Crippen LogP contribution is -2.44. The van der Waals surface area contributed by atoms with Crippen LogP contribution in [0.25, 0.3) is 0 Å². The molecule has 20 heavy (non-hydrogen) atoms. The molecule has 1 aromatic carbocycles. The second-order valence-corrected chi connectivity index (χ2v) is 6.73.